The predicted molar refractivity (Wildman–Crippen MR) is 76.0 cm³/mol. The van der Waals surface area contributed by atoms with Gasteiger partial charge in [0.2, 0.25) is 0 Å². The Labute approximate surface area is 122 Å². The van der Waals surface area contributed by atoms with Crippen molar-refractivity contribution in [1.29, 1.82) is 0 Å². The van der Waals surface area contributed by atoms with Crippen molar-refractivity contribution in [3.05, 3.63) is 46.3 Å². The molecule has 4 nitrogen and oxygen atoms in total. The molecule has 0 aromatic rings. The smallest absolute Gasteiger partial charge is 0.335 e. The molecule has 3 unspecified atom stereocenters. The van der Waals surface area contributed by atoms with Gasteiger partial charge in [0.25, 0.3) is 0 Å². The normalized spacial score (nSPS) is 31.0. The van der Waals surface area contributed by atoms with E-state index >= 15 is 0 Å². The molecule has 0 aromatic heterocycles. The number of esters is 1. The van der Waals surface area contributed by atoms with Crippen LogP contribution in [-0.2, 0) is 14.3 Å². The molecule has 21 heavy (non-hydrogen) atoms. The number of aldehydes is 1. The summed E-state index contributed by atoms with van der Waals surface area (Å²) in [4.78, 5) is 23.6. The van der Waals surface area contributed by atoms with Gasteiger partial charge in [-0.1, -0.05) is 24.1 Å². The first-order valence-corrected chi connectivity index (χ1v) is 6.76. The van der Waals surface area contributed by atoms with Crippen LogP contribution < -0.4 is 0 Å². The Morgan fingerprint density at radius 1 is 1.48 bits per heavy atom. The van der Waals surface area contributed by atoms with E-state index in [9.17, 15) is 14.7 Å². The molecule has 0 saturated heterocycles. The van der Waals surface area contributed by atoms with E-state index in [-0.39, 0.29) is 23.4 Å². The summed E-state index contributed by atoms with van der Waals surface area (Å²) in [5, 5.41) is 10.4. The highest BCUT2D eigenvalue weighted by molar-refractivity contribution is 5.97. The summed E-state index contributed by atoms with van der Waals surface area (Å²) in [6.45, 7) is 1.76. The van der Waals surface area contributed by atoms with Crippen LogP contribution in [0.5, 0.6) is 0 Å². The summed E-state index contributed by atoms with van der Waals surface area (Å²) in [5.41, 5.74) is 1.86. The molecule has 0 radical (unpaired) electrons. The third-order valence-corrected chi connectivity index (χ3v) is 4.11. The van der Waals surface area contributed by atoms with Crippen LogP contribution in [0, 0.1) is 24.2 Å². The molecule has 3 rings (SSSR count). The first-order valence-electron chi connectivity index (χ1n) is 6.76. The molecule has 106 valence electrons. The van der Waals surface area contributed by atoms with Crippen molar-refractivity contribution in [2.24, 2.45) is 11.8 Å². The van der Waals surface area contributed by atoms with E-state index in [0.717, 1.165) is 0 Å². The zero-order valence-electron chi connectivity index (χ0n) is 11.5. The highest BCUT2D eigenvalue weighted by atomic mass is 16.5. The molecule has 0 fully saturated rings. The quantitative estimate of drug-likeness (QED) is 0.454. The highest BCUT2D eigenvalue weighted by Crippen LogP contribution is 2.45. The Morgan fingerprint density at radius 2 is 2.24 bits per heavy atom. The number of aliphatic hydroxyl groups is 1. The van der Waals surface area contributed by atoms with Crippen molar-refractivity contribution in [1.82, 2.24) is 0 Å². The standard InChI is InChI=1S/C17H14O4/c1-3-10-4-5-11-13(7-10)16(19)14(8-18)12-6-9(2)21-17(20)15(11)12/h1,4-5,7-9,11,13,19H,6H2,2H3. The molecule has 1 aliphatic heterocycles. The lowest BCUT2D eigenvalue weighted by Gasteiger charge is -2.36. The van der Waals surface area contributed by atoms with Crippen LogP contribution in [-0.4, -0.2) is 23.5 Å². The average Bonchev–Trinajstić information content (AvgIpc) is 2.46. The maximum Gasteiger partial charge on any atom is 0.335 e. The molecule has 2 aliphatic carbocycles. The second-order valence-electron chi connectivity index (χ2n) is 5.41. The Hall–Kier alpha value is -2.54. The van der Waals surface area contributed by atoms with E-state index in [1.54, 1.807) is 25.2 Å². The third-order valence-electron chi connectivity index (χ3n) is 4.11. The molecule has 4 heteroatoms. The SMILES string of the molecule is C#CC1=CC2C(O)=C(C=O)C3=C(C(=O)OC(C)C3)C2C=C1. The molecule has 0 saturated carbocycles. The van der Waals surface area contributed by atoms with Crippen molar-refractivity contribution in [2.45, 2.75) is 19.4 Å². The lowest BCUT2D eigenvalue weighted by atomic mass is 9.70. The largest absolute Gasteiger partial charge is 0.511 e. The second kappa shape index (κ2) is 4.78. The van der Waals surface area contributed by atoms with Crippen LogP contribution in [0.1, 0.15) is 13.3 Å². The lowest BCUT2D eigenvalue weighted by Crippen LogP contribution is -2.35. The van der Waals surface area contributed by atoms with E-state index in [2.05, 4.69) is 5.92 Å². The number of allylic oxidation sites excluding steroid dienone is 5. The summed E-state index contributed by atoms with van der Waals surface area (Å²) in [6.07, 6.45) is 11.4. The zero-order chi connectivity index (χ0) is 15.1. The van der Waals surface area contributed by atoms with Crippen molar-refractivity contribution in [3.63, 3.8) is 0 Å². The number of terminal acetylenes is 1. The van der Waals surface area contributed by atoms with Gasteiger partial charge >= 0.3 is 5.97 Å². The topological polar surface area (TPSA) is 63.6 Å². The fourth-order valence-corrected chi connectivity index (χ4v) is 3.17. The van der Waals surface area contributed by atoms with Gasteiger partial charge in [-0.3, -0.25) is 4.79 Å². The van der Waals surface area contributed by atoms with Gasteiger partial charge in [-0.05, 0) is 12.5 Å². The van der Waals surface area contributed by atoms with Gasteiger partial charge in [0.15, 0.2) is 6.29 Å². The fourth-order valence-electron chi connectivity index (χ4n) is 3.17. The monoisotopic (exact) mass is 282 g/mol. The summed E-state index contributed by atoms with van der Waals surface area (Å²) in [7, 11) is 0. The van der Waals surface area contributed by atoms with Gasteiger partial charge in [-0.15, -0.1) is 6.42 Å². The Bertz CT molecular complexity index is 697. The highest BCUT2D eigenvalue weighted by Gasteiger charge is 2.42. The maximum absolute atomic E-state index is 12.2. The summed E-state index contributed by atoms with van der Waals surface area (Å²) < 4.78 is 5.27. The van der Waals surface area contributed by atoms with Gasteiger partial charge in [-0.25, -0.2) is 4.79 Å². The number of carbonyl (C=O) groups excluding carboxylic acids is 2. The second-order valence-corrected chi connectivity index (χ2v) is 5.41. The van der Waals surface area contributed by atoms with Crippen LogP contribution in [0.15, 0.2) is 46.3 Å². The third kappa shape index (κ3) is 1.93. The van der Waals surface area contributed by atoms with Crippen LogP contribution in [0.2, 0.25) is 0 Å². The van der Waals surface area contributed by atoms with E-state index in [1.807, 2.05) is 0 Å². The molecule has 1 heterocycles. The predicted octanol–water partition coefficient (Wildman–Crippen LogP) is 2.00. The molecule has 3 atom stereocenters. The van der Waals surface area contributed by atoms with E-state index < -0.39 is 11.9 Å². The first kappa shape index (κ1) is 13.4. The molecule has 0 bridgehead atoms. The van der Waals surface area contributed by atoms with Crippen molar-refractivity contribution >= 4 is 12.3 Å². The van der Waals surface area contributed by atoms with Crippen LogP contribution in [0.3, 0.4) is 0 Å². The van der Waals surface area contributed by atoms with Crippen LogP contribution >= 0.6 is 0 Å². The van der Waals surface area contributed by atoms with E-state index in [4.69, 9.17) is 11.2 Å². The summed E-state index contributed by atoms with van der Waals surface area (Å²) in [6, 6.07) is 0. The zero-order valence-corrected chi connectivity index (χ0v) is 11.5. The number of cyclic esters (lactones) is 1. The minimum absolute atomic E-state index is 0.0206. The van der Waals surface area contributed by atoms with Crippen molar-refractivity contribution in [3.8, 4) is 12.3 Å². The molecule has 0 aromatic carbocycles. The fraction of sp³-hybridized carbons (Fsp3) is 0.294. The van der Waals surface area contributed by atoms with E-state index in [0.29, 0.717) is 29.4 Å². The van der Waals surface area contributed by atoms with Crippen LogP contribution in [0.4, 0.5) is 0 Å². The first-order chi connectivity index (χ1) is 10.1. The minimum atomic E-state index is -0.485. The van der Waals surface area contributed by atoms with E-state index in [1.165, 1.54) is 0 Å². The summed E-state index contributed by atoms with van der Waals surface area (Å²) >= 11 is 0. The van der Waals surface area contributed by atoms with Gasteiger partial charge in [0.1, 0.15) is 11.9 Å². The molecule has 3 aliphatic rings. The molecule has 1 N–H and O–H groups in total. The van der Waals surface area contributed by atoms with Gasteiger partial charge in [0, 0.05) is 29.4 Å². The van der Waals surface area contributed by atoms with Crippen molar-refractivity contribution in [2.75, 3.05) is 0 Å². The number of carbonyl (C=O) groups is 2. The minimum Gasteiger partial charge on any atom is -0.511 e. The number of ether oxygens (including phenoxy) is 1. The Morgan fingerprint density at radius 3 is 2.90 bits per heavy atom. The van der Waals surface area contributed by atoms with Gasteiger partial charge in [-0.2, -0.15) is 0 Å². The van der Waals surface area contributed by atoms with Crippen molar-refractivity contribution < 1.29 is 19.4 Å². The average molecular weight is 282 g/mol. The van der Waals surface area contributed by atoms with Gasteiger partial charge < -0.3 is 9.84 Å². The Balaban J connectivity index is 2.19. The maximum atomic E-state index is 12.2. The molecular formula is C17H14O4. The molecule has 0 amide bonds. The summed E-state index contributed by atoms with van der Waals surface area (Å²) in [5.74, 6) is 1.24. The molecule has 0 spiro atoms. The van der Waals surface area contributed by atoms with Gasteiger partial charge in [0.05, 0.1) is 5.57 Å². The number of rotatable bonds is 1. The number of hydrogen-bond donors (Lipinski definition) is 1. The number of fused-ring (bicyclic) bond motifs is 2. The van der Waals surface area contributed by atoms with Crippen LogP contribution in [0.25, 0.3) is 0 Å². The molecular weight excluding hydrogens is 268 g/mol. The number of aliphatic hydroxyl groups excluding tert-OH is 1. The number of hydrogen-bond acceptors (Lipinski definition) is 4. The lowest BCUT2D eigenvalue weighted by molar-refractivity contribution is -0.145. The Kier molecular flexibility index (Phi) is 3.06.